The summed E-state index contributed by atoms with van der Waals surface area (Å²) in [5.41, 5.74) is 0.526. The van der Waals surface area contributed by atoms with Crippen LogP contribution in [-0.2, 0) is 4.74 Å². The van der Waals surface area contributed by atoms with E-state index >= 15 is 0 Å². The Labute approximate surface area is 115 Å². The van der Waals surface area contributed by atoms with Gasteiger partial charge in [0.15, 0.2) is 11.6 Å². The number of halogens is 2. The number of anilines is 1. The Bertz CT molecular complexity index is 638. The monoisotopic (exact) mass is 279 g/mol. The van der Waals surface area contributed by atoms with E-state index < -0.39 is 11.6 Å². The molecule has 1 heterocycles. The van der Waals surface area contributed by atoms with Gasteiger partial charge in [0.25, 0.3) is 0 Å². The molecule has 0 saturated heterocycles. The second kappa shape index (κ2) is 4.94. The third kappa shape index (κ3) is 2.31. The highest BCUT2D eigenvalue weighted by Gasteiger charge is 2.36. The molecule has 1 aliphatic carbocycles. The van der Waals surface area contributed by atoms with E-state index in [1.807, 2.05) is 0 Å². The van der Waals surface area contributed by atoms with E-state index in [2.05, 4.69) is 15.3 Å². The molecule has 20 heavy (non-hydrogen) atoms. The van der Waals surface area contributed by atoms with Crippen molar-refractivity contribution in [3.05, 3.63) is 30.0 Å². The first kappa shape index (κ1) is 13.2. The van der Waals surface area contributed by atoms with Crippen molar-refractivity contribution in [1.82, 2.24) is 9.97 Å². The molecule has 0 radical (unpaired) electrons. The van der Waals surface area contributed by atoms with Gasteiger partial charge in [0.1, 0.15) is 5.82 Å². The molecular formula is C14H15F2N3O. The SMILES string of the molecule is COC1(CNc2cnc3cc(F)c(F)cc3n2)CCC1. The van der Waals surface area contributed by atoms with Gasteiger partial charge in [-0.25, -0.2) is 13.8 Å². The lowest BCUT2D eigenvalue weighted by Crippen LogP contribution is -2.45. The third-order valence-corrected chi connectivity index (χ3v) is 3.87. The van der Waals surface area contributed by atoms with Gasteiger partial charge in [0.2, 0.25) is 0 Å². The van der Waals surface area contributed by atoms with E-state index in [1.54, 1.807) is 7.11 Å². The average molecular weight is 279 g/mol. The van der Waals surface area contributed by atoms with Crippen molar-refractivity contribution in [3.8, 4) is 0 Å². The van der Waals surface area contributed by atoms with Crippen LogP contribution in [-0.4, -0.2) is 29.2 Å². The maximum Gasteiger partial charge on any atom is 0.161 e. The number of rotatable bonds is 4. The number of nitrogens with one attached hydrogen (secondary N) is 1. The Balaban J connectivity index is 1.80. The lowest BCUT2D eigenvalue weighted by Gasteiger charge is -2.40. The van der Waals surface area contributed by atoms with Crippen molar-refractivity contribution in [2.45, 2.75) is 24.9 Å². The van der Waals surface area contributed by atoms with E-state index in [0.29, 0.717) is 23.4 Å². The van der Waals surface area contributed by atoms with E-state index in [4.69, 9.17) is 4.74 Å². The number of aromatic nitrogens is 2. The van der Waals surface area contributed by atoms with Crippen LogP contribution in [0.5, 0.6) is 0 Å². The molecule has 0 spiro atoms. The first-order valence-electron chi connectivity index (χ1n) is 6.53. The topological polar surface area (TPSA) is 47.0 Å². The summed E-state index contributed by atoms with van der Waals surface area (Å²) in [6.45, 7) is 0.632. The van der Waals surface area contributed by atoms with E-state index in [0.717, 1.165) is 31.4 Å². The molecule has 1 fully saturated rings. The maximum absolute atomic E-state index is 13.2. The number of methoxy groups -OCH3 is 1. The van der Waals surface area contributed by atoms with E-state index in [9.17, 15) is 8.78 Å². The van der Waals surface area contributed by atoms with Gasteiger partial charge in [0, 0.05) is 25.8 Å². The number of benzene rings is 1. The number of ether oxygens (including phenoxy) is 1. The number of nitrogens with zero attached hydrogens (tertiary/aromatic N) is 2. The van der Waals surface area contributed by atoms with Gasteiger partial charge in [0.05, 0.1) is 22.8 Å². The van der Waals surface area contributed by atoms with Crippen molar-refractivity contribution in [1.29, 1.82) is 0 Å². The van der Waals surface area contributed by atoms with Gasteiger partial charge in [-0.3, -0.25) is 4.98 Å². The zero-order chi connectivity index (χ0) is 14.2. The summed E-state index contributed by atoms with van der Waals surface area (Å²) in [6.07, 6.45) is 4.69. The van der Waals surface area contributed by atoms with Crippen LogP contribution in [0.25, 0.3) is 11.0 Å². The van der Waals surface area contributed by atoms with Crippen molar-refractivity contribution in [2.24, 2.45) is 0 Å². The highest BCUT2D eigenvalue weighted by molar-refractivity contribution is 5.75. The molecule has 1 N–H and O–H groups in total. The summed E-state index contributed by atoms with van der Waals surface area (Å²) in [5, 5.41) is 3.15. The van der Waals surface area contributed by atoms with E-state index in [1.165, 1.54) is 6.20 Å². The minimum atomic E-state index is -0.920. The van der Waals surface area contributed by atoms with Crippen molar-refractivity contribution < 1.29 is 13.5 Å². The largest absolute Gasteiger partial charge is 0.376 e. The summed E-state index contributed by atoms with van der Waals surface area (Å²) in [4.78, 5) is 8.32. The molecule has 0 bridgehead atoms. The molecule has 4 nitrogen and oxygen atoms in total. The zero-order valence-corrected chi connectivity index (χ0v) is 11.1. The minimum absolute atomic E-state index is 0.134. The summed E-state index contributed by atoms with van der Waals surface area (Å²) in [5.74, 6) is -1.30. The van der Waals surface area contributed by atoms with Gasteiger partial charge in [-0.2, -0.15) is 0 Å². The van der Waals surface area contributed by atoms with Gasteiger partial charge >= 0.3 is 0 Å². The lowest BCUT2D eigenvalue weighted by molar-refractivity contribution is -0.0601. The van der Waals surface area contributed by atoms with Crippen LogP contribution in [0.3, 0.4) is 0 Å². The summed E-state index contributed by atoms with van der Waals surface area (Å²) >= 11 is 0. The first-order chi connectivity index (χ1) is 9.62. The Kier molecular flexibility index (Phi) is 3.25. The van der Waals surface area contributed by atoms with E-state index in [-0.39, 0.29) is 5.60 Å². The fraction of sp³-hybridized carbons (Fsp3) is 0.429. The summed E-state index contributed by atoms with van der Waals surface area (Å²) in [7, 11) is 1.70. The Morgan fingerprint density at radius 2 is 1.95 bits per heavy atom. The number of hydrogen-bond acceptors (Lipinski definition) is 4. The van der Waals surface area contributed by atoms with Gasteiger partial charge < -0.3 is 10.1 Å². The van der Waals surface area contributed by atoms with Crippen molar-refractivity contribution >= 4 is 16.9 Å². The number of hydrogen-bond donors (Lipinski definition) is 1. The third-order valence-electron chi connectivity index (χ3n) is 3.87. The molecule has 0 unspecified atom stereocenters. The molecule has 6 heteroatoms. The molecule has 3 rings (SSSR count). The van der Waals surface area contributed by atoms with Gasteiger partial charge in [-0.1, -0.05) is 0 Å². The molecule has 1 aromatic heterocycles. The van der Waals surface area contributed by atoms with Crippen molar-refractivity contribution in [2.75, 3.05) is 19.0 Å². The van der Waals surface area contributed by atoms with Gasteiger partial charge in [-0.05, 0) is 19.3 Å². The number of fused-ring (bicyclic) bond motifs is 1. The second-order valence-corrected chi connectivity index (χ2v) is 5.10. The lowest BCUT2D eigenvalue weighted by atomic mass is 9.80. The van der Waals surface area contributed by atoms with Crippen LogP contribution in [0, 0.1) is 11.6 Å². The molecule has 1 aromatic carbocycles. The molecule has 0 aliphatic heterocycles. The first-order valence-corrected chi connectivity index (χ1v) is 6.53. The predicted molar refractivity (Wildman–Crippen MR) is 71.5 cm³/mol. The minimum Gasteiger partial charge on any atom is -0.376 e. The van der Waals surface area contributed by atoms with Crippen LogP contribution in [0.4, 0.5) is 14.6 Å². The van der Waals surface area contributed by atoms with Gasteiger partial charge in [-0.15, -0.1) is 0 Å². The van der Waals surface area contributed by atoms with Crippen LogP contribution in [0.1, 0.15) is 19.3 Å². The highest BCUT2D eigenvalue weighted by Crippen LogP contribution is 2.35. The highest BCUT2D eigenvalue weighted by atomic mass is 19.2. The smallest absolute Gasteiger partial charge is 0.161 e. The fourth-order valence-electron chi connectivity index (χ4n) is 2.37. The average Bonchev–Trinajstić information content (AvgIpc) is 2.39. The molecule has 1 saturated carbocycles. The van der Waals surface area contributed by atoms with Crippen LogP contribution >= 0.6 is 0 Å². The maximum atomic E-state index is 13.2. The predicted octanol–water partition coefficient (Wildman–Crippen LogP) is 2.89. The van der Waals surface area contributed by atoms with Crippen LogP contribution in [0.2, 0.25) is 0 Å². The standard InChI is InChI=1S/C14H15F2N3O/c1-20-14(3-2-4-14)8-18-13-7-17-11-5-9(15)10(16)6-12(11)19-13/h5-7H,2-4,8H2,1H3,(H,18,19). The van der Waals surface area contributed by atoms with Crippen molar-refractivity contribution in [3.63, 3.8) is 0 Å². The fourth-order valence-corrected chi connectivity index (χ4v) is 2.37. The molecule has 0 amide bonds. The normalized spacial score (nSPS) is 16.9. The Morgan fingerprint density at radius 3 is 2.55 bits per heavy atom. The molecule has 106 valence electrons. The quantitative estimate of drug-likeness (QED) is 0.934. The second-order valence-electron chi connectivity index (χ2n) is 5.10. The molecule has 1 aliphatic rings. The summed E-state index contributed by atoms with van der Waals surface area (Å²) < 4.78 is 31.8. The molecule has 0 atom stereocenters. The van der Waals surface area contributed by atoms with Crippen LogP contribution < -0.4 is 5.32 Å². The Morgan fingerprint density at radius 1 is 1.25 bits per heavy atom. The Hall–Kier alpha value is -1.82. The molecular weight excluding hydrogens is 264 g/mol. The molecule has 2 aromatic rings. The summed E-state index contributed by atoms with van der Waals surface area (Å²) in [6, 6.07) is 2.10. The zero-order valence-electron chi connectivity index (χ0n) is 11.1. The van der Waals surface area contributed by atoms with Crippen LogP contribution in [0.15, 0.2) is 18.3 Å².